The fourth-order valence-corrected chi connectivity index (χ4v) is 2.44. The molecule has 0 N–H and O–H groups in total. The molecule has 24 heavy (non-hydrogen) atoms. The Balaban J connectivity index is 1.86. The van der Waals surface area contributed by atoms with Gasteiger partial charge < -0.3 is 9.47 Å². The summed E-state index contributed by atoms with van der Waals surface area (Å²) < 4.78 is 10.6. The van der Waals surface area contributed by atoms with Crippen molar-refractivity contribution in [1.29, 1.82) is 0 Å². The van der Waals surface area contributed by atoms with E-state index in [0.29, 0.717) is 22.2 Å². The predicted octanol–water partition coefficient (Wildman–Crippen LogP) is 4.74. The molecule has 0 saturated heterocycles. The Hall–Kier alpha value is -2.30. The molecule has 0 spiro atoms. The SMILES string of the molecule is CCOc1ccc(C=C2N=C(c3ccc(Cl)c(Cl)c3)OC2=O)cc1. The van der Waals surface area contributed by atoms with Crippen LogP contribution in [0.15, 0.2) is 53.2 Å². The molecule has 0 bridgehead atoms. The van der Waals surface area contributed by atoms with Crippen molar-refractivity contribution in [2.45, 2.75) is 6.92 Å². The lowest BCUT2D eigenvalue weighted by Crippen LogP contribution is -2.05. The lowest BCUT2D eigenvalue weighted by molar-refractivity contribution is -0.129. The predicted molar refractivity (Wildman–Crippen MR) is 94.7 cm³/mol. The van der Waals surface area contributed by atoms with Crippen LogP contribution >= 0.6 is 23.2 Å². The second-order valence-electron chi connectivity index (χ2n) is 4.97. The molecule has 3 rings (SSSR count). The van der Waals surface area contributed by atoms with Crippen LogP contribution < -0.4 is 4.74 Å². The van der Waals surface area contributed by atoms with Crippen molar-refractivity contribution in [2.24, 2.45) is 4.99 Å². The monoisotopic (exact) mass is 361 g/mol. The maximum atomic E-state index is 12.0. The molecular weight excluding hydrogens is 349 g/mol. The van der Waals surface area contributed by atoms with Crippen molar-refractivity contribution in [3.05, 3.63) is 69.3 Å². The molecule has 0 aliphatic carbocycles. The van der Waals surface area contributed by atoms with Gasteiger partial charge in [-0.25, -0.2) is 9.79 Å². The van der Waals surface area contributed by atoms with Crippen LogP contribution in [-0.4, -0.2) is 18.5 Å². The van der Waals surface area contributed by atoms with E-state index < -0.39 is 5.97 Å². The Kier molecular flexibility index (Phi) is 4.88. The van der Waals surface area contributed by atoms with Gasteiger partial charge in [-0.15, -0.1) is 0 Å². The number of carbonyl (C=O) groups excluding carboxylic acids is 1. The Labute approximate surface area is 149 Å². The number of esters is 1. The van der Waals surface area contributed by atoms with Crippen molar-refractivity contribution in [1.82, 2.24) is 0 Å². The quantitative estimate of drug-likeness (QED) is 0.583. The van der Waals surface area contributed by atoms with Crippen molar-refractivity contribution in [3.8, 4) is 5.75 Å². The van der Waals surface area contributed by atoms with E-state index in [2.05, 4.69) is 4.99 Å². The molecule has 1 aliphatic rings. The van der Waals surface area contributed by atoms with E-state index in [4.69, 9.17) is 32.7 Å². The Bertz CT molecular complexity index is 842. The highest BCUT2D eigenvalue weighted by atomic mass is 35.5. The van der Waals surface area contributed by atoms with Crippen LogP contribution in [0.2, 0.25) is 10.0 Å². The summed E-state index contributed by atoms with van der Waals surface area (Å²) in [5.41, 5.74) is 1.64. The Morgan fingerprint density at radius 3 is 2.54 bits per heavy atom. The molecule has 122 valence electrons. The molecule has 0 saturated carbocycles. The van der Waals surface area contributed by atoms with Crippen LogP contribution in [0.4, 0.5) is 0 Å². The zero-order chi connectivity index (χ0) is 17.1. The first-order valence-corrected chi connectivity index (χ1v) is 8.03. The maximum absolute atomic E-state index is 12.0. The van der Waals surface area contributed by atoms with Gasteiger partial charge in [-0.05, 0) is 48.9 Å². The van der Waals surface area contributed by atoms with Gasteiger partial charge in [0, 0.05) is 5.56 Å². The first kappa shape index (κ1) is 16.6. The molecule has 6 heteroatoms. The minimum atomic E-state index is -0.509. The first-order chi connectivity index (χ1) is 11.6. The third-order valence-electron chi connectivity index (χ3n) is 3.28. The van der Waals surface area contributed by atoms with Gasteiger partial charge in [-0.3, -0.25) is 0 Å². The number of cyclic esters (lactones) is 1. The smallest absolute Gasteiger partial charge is 0.363 e. The van der Waals surface area contributed by atoms with E-state index in [9.17, 15) is 4.79 Å². The van der Waals surface area contributed by atoms with E-state index in [-0.39, 0.29) is 11.6 Å². The fraction of sp³-hybridized carbons (Fsp3) is 0.111. The number of halogens is 2. The van der Waals surface area contributed by atoms with Gasteiger partial charge in [-0.2, -0.15) is 0 Å². The maximum Gasteiger partial charge on any atom is 0.363 e. The molecule has 1 aliphatic heterocycles. The molecule has 0 radical (unpaired) electrons. The molecule has 4 nitrogen and oxygen atoms in total. The fourth-order valence-electron chi connectivity index (χ4n) is 2.15. The number of aliphatic imine (C=N–C) groups is 1. The van der Waals surface area contributed by atoms with Crippen LogP contribution in [0, 0.1) is 0 Å². The highest BCUT2D eigenvalue weighted by Gasteiger charge is 2.24. The van der Waals surface area contributed by atoms with Gasteiger partial charge in [0.25, 0.3) is 0 Å². The molecule has 1 heterocycles. The Morgan fingerprint density at radius 2 is 1.88 bits per heavy atom. The molecular formula is C18H13Cl2NO3. The summed E-state index contributed by atoms with van der Waals surface area (Å²) in [7, 11) is 0. The lowest BCUT2D eigenvalue weighted by atomic mass is 10.2. The van der Waals surface area contributed by atoms with Gasteiger partial charge in [0.1, 0.15) is 5.75 Å². The highest BCUT2D eigenvalue weighted by molar-refractivity contribution is 6.42. The first-order valence-electron chi connectivity index (χ1n) is 7.27. The van der Waals surface area contributed by atoms with Crippen LogP contribution in [0.25, 0.3) is 6.08 Å². The largest absolute Gasteiger partial charge is 0.494 e. The molecule has 2 aromatic carbocycles. The van der Waals surface area contributed by atoms with Crippen molar-refractivity contribution < 1.29 is 14.3 Å². The third kappa shape index (κ3) is 3.61. The number of ether oxygens (including phenoxy) is 2. The average molecular weight is 362 g/mol. The molecule has 0 unspecified atom stereocenters. The lowest BCUT2D eigenvalue weighted by Gasteiger charge is -2.02. The molecule has 2 aromatic rings. The number of nitrogens with zero attached hydrogens (tertiary/aromatic N) is 1. The van der Waals surface area contributed by atoms with Gasteiger partial charge in [-0.1, -0.05) is 35.3 Å². The van der Waals surface area contributed by atoms with E-state index >= 15 is 0 Å². The van der Waals surface area contributed by atoms with Gasteiger partial charge in [0.05, 0.1) is 16.7 Å². The minimum absolute atomic E-state index is 0.204. The van der Waals surface area contributed by atoms with Crippen molar-refractivity contribution >= 4 is 41.1 Å². The van der Waals surface area contributed by atoms with E-state index in [1.807, 2.05) is 31.2 Å². The number of carbonyl (C=O) groups is 1. The summed E-state index contributed by atoms with van der Waals surface area (Å²) in [6.07, 6.45) is 1.66. The number of hydrogen-bond donors (Lipinski definition) is 0. The second-order valence-corrected chi connectivity index (χ2v) is 5.78. The standard InChI is InChI=1S/C18H13Cl2NO3/c1-2-23-13-6-3-11(4-7-13)9-16-18(22)24-17(21-16)12-5-8-14(19)15(20)10-12/h3-10H,2H2,1H3. The molecule has 0 fully saturated rings. The molecule has 0 aromatic heterocycles. The highest BCUT2D eigenvalue weighted by Crippen LogP contribution is 2.26. The van der Waals surface area contributed by atoms with Gasteiger partial charge in [0.15, 0.2) is 5.70 Å². The van der Waals surface area contributed by atoms with Crippen LogP contribution in [0.5, 0.6) is 5.75 Å². The van der Waals surface area contributed by atoms with Crippen LogP contribution in [0.1, 0.15) is 18.1 Å². The summed E-state index contributed by atoms with van der Waals surface area (Å²) in [5.74, 6) is 0.467. The zero-order valence-corrected chi connectivity index (χ0v) is 14.3. The topological polar surface area (TPSA) is 47.9 Å². The summed E-state index contributed by atoms with van der Waals surface area (Å²) >= 11 is 11.9. The normalized spacial score (nSPS) is 15.4. The van der Waals surface area contributed by atoms with Crippen molar-refractivity contribution in [3.63, 3.8) is 0 Å². The summed E-state index contributed by atoms with van der Waals surface area (Å²) in [6.45, 7) is 2.52. The number of hydrogen-bond acceptors (Lipinski definition) is 4. The summed E-state index contributed by atoms with van der Waals surface area (Å²) in [4.78, 5) is 16.2. The molecule has 0 atom stereocenters. The third-order valence-corrected chi connectivity index (χ3v) is 4.02. The van der Waals surface area contributed by atoms with E-state index in [0.717, 1.165) is 11.3 Å². The zero-order valence-electron chi connectivity index (χ0n) is 12.8. The summed E-state index contributed by atoms with van der Waals surface area (Å²) in [5, 5.41) is 0.798. The second kappa shape index (κ2) is 7.07. The average Bonchev–Trinajstić information content (AvgIpc) is 2.93. The van der Waals surface area contributed by atoms with Crippen LogP contribution in [-0.2, 0) is 9.53 Å². The molecule has 0 amide bonds. The van der Waals surface area contributed by atoms with Gasteiger partial charge >= 0.3 is 5.97 Å². The van der Waals surface area contributed by atoms with Gasteiger partial charge in [0.2, 0.25) is 5.90 Å². The Morgan fingerprint density at radius 1 is 1.12 bits per heavy atom. The van der Waals surface area contributed by atoms with E-state index in [1.165, 1.54) is 0 Å². The van der Waals surface area contributed by atoms with E-state index in [1.54, 1.807) is 24.3 Å². The van der Waals surface area contributed by atoms with Crippen molar-refractivity contribution in [2.75, 3.05) is 6.61 Å². The number of rotatable bonds is 4. The van der Waals surface area contributed by atoms with Crippen LogP contribution in [0.3, 0.4) is 0 Å². The minimum Gasteiger partial charge on any atom is -0.494 e. The number of benzene rings is 2. The summed E-state index contributed by atoms with van der Waals surface area (Å²) in [6, 6.07) is 12.3.